The topological polar surface area (TPSA) is 18.5 Å². The van der Waals surface area contributed by atoms with E-state index in [4.69, 9.17) is 9.47 Å². The quantitative estimate of drug-likeness (QED) is 0.757. The zero-order chi connectivity index (χ0) is 13.2. The van der Waals surface area contributed by atoms with Gasteiger partial charge in [-0.2, -0.15) is 0 Å². The summed E-state index contributed by atoms with van der Waals surface area (Å²) in [5.74, 6) is 2.36. The van der Waals surface area contributed by atoms with Gasteiger partial charge >= 0.3 is 0 Å². The van der Waals surface area contributed by atoms with Crippen LogP contribution in [0.5, 0.6) is 0 Å². The largest absolute Gasteiger partial charge is 0.381 e. The fraction of sp³-hybridized carbons (Fsp3) is 1.00. The lowest BCUT2D eigenvalue weighted by Gasteiger charge is -2.38. The lowest BCUT2D eigenvalue weighted by atomic mass is 9.71. The van der Waals surface area contributed by atoms with Crippen molar-refractivity contribution in [2.45, 2.75) is 59.5 Å². The minimum atomic E-state index is 0.403. The van der Waals surface area contributed by atoms with Crippen LogP contribution < -0.4 is 0 Å². The minimum absolute atomic E-state index is 0.403. The van der Waals surface area contributed by atoms with Crippen molar-refractivity contribution in [2.24, 2.45) is 23.2 Å². The molecule has 2 heterocycles. The van der Waals surface area contributed by atoms with E-state index in [1.165, 1.54) is 25.7 Å². The first-order valence-electron chi connectivity index (χ1n) is 7.68. The summed E-state index contributed by atoms with van der Waals surface area (Å²) >= 11 is 0. The molecule has 2 rings (SSSR count). The zero-order valence-electron chi connectivity index (χ0n) is 12.6. The van der Waals surface area contributed by atoms with E-state index in [1.807, 2.05) is 0 Å². The van der Waals surface area contributed by atoms with Gasteiger partial charge in [0, 0.05) is 13.2 Å². The van der Waals surface area contributed by atoms with E-state index in [1.54, 1.807) is 0 Å². The maximum absolute atomic E-state index is 6.02. The van der Waals surface area contributed by atoms with Crippen molar-refractivity contribution in [2.75, 3.05) is 19.8 Å². The average molecular weight is 254 g/mol. The monoisotopic (exact) mass is 254 g/mol. The van der Waals surface area contributed by atoms with Crippen LogP contribution in [0.15, 0.2) is 0 Å². The molecule has 2 aliphatic heterocycles. The summed E-state index contributed by atoms with van der Waals surface area (Å²) < 4.78 is 11.5. The molecule has 0 aliphatic carbocycles. The molecule has 2 fully saturated rings. The number of hydrogen-bond acceptors (Lipinski definition) is 2. The highest BCUT2D eigenvalue weighted by atomic mass is 16.5. The third-order valence-electron chi connectivity index (χ3n) is 5.13. The van der Waals surface area contributed by atoms with Crippen molar-refractivity contribution in [3.05, 3.63) is 0 Å². The number of ether oxygens (including phenoxy) is 2. The van der Waals surface area contributed by atoms with E-state index in [2.05, 4.69) is 27.7 Å². The fourth-order valence-electron chi connectivity index (χ4n) is 3.57. The van der Waals surface area contributed by atoms with Gasteiger partial charge < -0.3 is 9.47 Å². The van der Waals surface area contributed by atoms with Gasteiger partial charge in [0.25, 0.3) is 0 Å². The zero-order valence-corrected chi connectivity index (χ0v) is 12.6. The predicted molar refractivity (Wildman–Crippen MR) is 74.6 cm³/mol. The SMILES string of the molecule is CC(C)C1COC(CC(C)(C)C2CCOCC2)C1. The van der Waals surface area contributed by atoms with Crippen LogP contribution in [0.4, 0.5) is 0 Å². The van der Waals surface area contributed by atoms with Crippen LogP contribution in [-0.2, 0) is 9.47 Å². The Labute approximate surface area is 112 Å². The van der Waals surface area contributed by atoms with Crippen LogP contribution in [0.25, 0.3) is 0 Å². The van der Waals surface area contributed by atoms with E-state index in [0.717, 1.165) is 37.6 Å². The van der Waals surface area contributed by atoms with Gasteiger partial charge in [-0.3, -0.25) is 0 Å². The van der Waals surface area contributed by atoms with Crippen molar-refractivity contribution < 1.29 is 9.47 Å². The molecule has 0 N–H and O–H groups in total. The molecule has 2 saturated heterocycles. The standard InChI is InChI=1S/C16H30O2/c1-12(2)13-9-15(18-11-13)10-16(3,4)14-5-7-17-8-6-14/h12-15H,5-11H2,1-4H3. The van der Waals surface area contributed by atoms with Gasteiger partial charge in [0.05, 0.1) is 12.7 Å². The van der Waals surface area contributed by atoms with Crippen LogP contribution in [0.3, 0.4) is 0 Å². The summed E-state index contributed by atoms with van der Waals surface area (Å²) in [5.41, 5.74) is 0.403. The average Bonchev–Trinajstić information content (AvgIpc) is 2.78. The summed E-state index contributed by atoms with van der Waals surface area (Å²) in [6.07, 6.45) is 5.45. The predicted octanol–water partition coefficient (Wildman–Crippen LogP) is 3.89. The molecule has 0 bridgehead atoms. The third kappa shape index (κ3) is 3.48. The van der Waals surface area contributed by atoms with Gasteiger partial charge in [0.1, 0.15) is 0 Å². The Morgan fingerprint density at radius 1 is 1.17 bits per heavy atom. The van der Waals surface area contributed by atoms with Gasteiger partial charge in [-0.15, -0.1) is 0 Å². The Hall–Kier alpha value is -0.0800. The molecule has 0 aromatic carbocycles. The van der Waals surface area contributed by atoms with Crippen molar-refractivity contribution in [3.63, 3.8) is 0 Å². The maximum Gasteiger partial charge on any atom is 0.0584 e. The molecule has 0 aromatic rings. The van der Waals surface area contributed by atoms with Crippen molar-refractivity contribution in [3.8, 4) is 0 Å². The molecular weight excluding hydrogens is 224 g/mol. The smallest absolute Gasteiger partial charge is 0.0584 e. The van der Waals surface area contributed by atoms with Crippen LogP contribution in [0.1, 0.15) is 53.4 Å². The normalized spacial score (nSPS) is 31.2. The number of hydrogen-bond donors (Lipinski definition) is 0. The van der Waals surface area contributed by atoms with E-state index >= 15 is 0 Å². The highest BCUT2D eigenvalue weighted by Crippen LogP contribution is 2.41. The second-order valence-corrected chi connectivity index (χ2v) is 7.27. The first-order valence-corrected chi connectivity index (χ1v) is 7.68. The molecule has 106 valence electrons. The van der Waals surface area contributed by atoms with Gasteiger partial charge in [0.2, 0.25) is 0 Å². The second-order valence-electron chi connectivity index (χ2n) is 7.27. The Bertz CT molecular complexity index is 254. The summed E-state index contributed by atoms with van der Waals surface area (Å²) in [6.45, 7) is 12.4. The first kappa shape index (κ1) is 14.3. The van der Waals surface area contributed by atoms with E-state index in [0.29, 0.717) is 11.5 Å². The Kier molecular flexibility index (Phi) is 4.71. The molecular formula is C16H30O2. The molecule has 0 radical (unpaired) electrons. The van der Waals surface area contributed by atoms with E-state index in [-0.39, 0.29) is 0 Å². The van der Waals surface area contributed by atoms with E-state index < -0.39 is 0 Å². The summed E-state index contributed by atoms with van der Waals surface area (Å²) in [7, 11) is 0. The molecule has 18 heavy (non-hydrogen) atoms. The van der Waals surface area contributed by atoms with Crippen molar-refractivity contribution >= 4 is 0 Å². The van der Waals surface area contributed by atoms with Gasteiger partial charge in [-0.05, 0) is 48.9 Å². The molecule has 2 nitrogen and oxygen atoms in total. The maximum atomic E-state index is 6.02. The van der Waals surface area contributed by atoms with Gasteiger partial charge in [0.15, 0.2) is 0 Å². The van der Waals surface area contributed by atoms with Gasteiger partial charge in [-0.1, -0.05) is 27.7 Å². The Morgan fingerprint density at radius 2 is 1.83 bits per heavy atom. The molecule has 0 amide bonds. The lowest BCUT2D eigenvalue weighted by molar-refractivity contribution is -0.00546. The highest BCUT2D eigenvalue weighted by Gasteiger charge is 2.36. The van der Waals surface area contributed by atoms with Crippen LogP contribution in [0.2, 0.25) is 0 Å². The van der Waals surface area contributed by atoms with Crippen LogP contribution in [0, 0.1) is 23.2 Å². The van der Waals surface area contributed by atoms with Crippen LogP contribution in [-0.4, -0.2) is 25.9 Å². The minimum Gasteiger partial charge on any atom is -0.381 e. The van der Waals surface area contributed by atoms with Gasteiger partial charge in [-0.25, -0.2) is 0 Å². The molecule has 0 spiro atoms. The molecule has 2 heteroatoms. The Balaban J connectivity index is 1.84. The first-order chi connectivity index (χ1) is 8.49. The summed E-state index contributed by atoms with van der Waals surface area (Å²) in [6, 6.07) is 0. The third-order valence-corrected chi connectivity index (χ3v) is 5.13. The Morgan fingerprint density at radius 3 is 2.39 bits per heavy atom. The fourth-order valence-corrected chi connectivity index (χ4v) is 3.57. The molecule has 2 atom stereocenters. The molecule has 0 saturated carbocycles. The summed E-state index contributed by atoms with van der Waals surface area (Å²) in [4.78, 5) is 0. The van der Waals surface area contributed by atoms with Crippen molar-refractivity contribution in [1.29, 1.82) is 0 Å². The molecule has 0 aromatic heterocycles. The summed E-state index contributed by atoms with van der Waals surface area (Å²) in [5, 5.41) is 0. The number of rotatable bonds is 4. The highest BCUT2D eigenvalue weighted by molar-refractivity contribution is 4.86. The second kappa shape index (κ2) is 5.92. The molecule has 2 aliphatic rings. The lowest BCUT2D eigenvalue weighted by Crippen LogP contribution is -2.33. The van der Waals surface area contributed by atoms with E-state index in [9.17, 15) is 0 Å². The van der Waals surface area contributed by atoms with Crippen molar-refractivity contribution in [1.82, 2.24) is 0 Å². The van der Waals surface area contributed by atoms with Crippen LogP contribution >= 0.6 is 0 Å². The molecule has 2 unspecified atom stereocenters.